The molecule has 3 aromatic rings. The molecule has 150 valence electrons. The lowest BCUT2D eigenvalue weighted by Crippen LogP contribution is -2.27. The van der Waals surface area contributed by atoms with Crippen molar-refractivity contribution < 1.29 is 18.0 Å². The first-order valence-corrected chi connectivity index (χ1v) is 9.97. The number of aromatic nitrogens is 3. The predicted octanol–water partition coefficient (Wildman–Crippen LogP) is 4.12. The second kappa shape index (κ2) is 7.90. The summed E-state index contributed by atoms with van der Waals surface area (Å²) in [6.07, 6.45) is -2.82. The fourth-order valence-corrected chi connectivity index (χ4v) is 4.38. The number of thioether (sulfide) groups is 1. The van der Waals surface area contributed by atoms with E-state index < -0.39 is 11.7 Å². The predicted molar refractivity (Wildman–Crippen MR) is 103 cm³/mol. The Labute approximate surface area is 169 Å². The van der Waals surface area contributed by atoms with Crippen molar-refractivity contribution in [3.63, 3.8) is 0 Å². The lowest BCUT2D eigenvalue weighted by molar-refractivity contribution is -0.138. The molecule has 0 N–H and O–H groups in total. The molecule has 0 saturated carbocycles. The minimum Gasteiger partial charge on any atom is -0.320 e. The smallest absolute Gasteiger partial charge is 0.320 e. The van der Waals surface area contributed by atoms with E-state index in [-0.39, 0.29) is 23.4 Å². The number of carbonyl (C=O) groups is 1. The largest absolute Gasteiger partial charge is 0.416 e. The molecule has 0 radical (unpaired) electrons. The summed E-state index contributed by atoms with van der Waals surface area (Å²) < 4.78 is 41.0. The molecule has 0 bridgehead atoms. The lowest BCUT2D eigenvalue weighted by atomic mass is 10.1. The third kappa shape index (κ3) is 4.29. The number of amides is 1. The molecule has 1 aromatic heterocycles. The van der Waals surface area contributed by atoms with Gasteiger partial charge >= 0.3 is 6.18 Å². The number of hydrogen-bond donors (Lipinski definition) is 0. The van der Waals surface area contributed by atoms with E-state index in [0.717, 1.165) is 11.6 Å². The average Bonchev–Trinajstić information content (AvgIpc) is 3.29. The van der Waals surface area contributed by atoms with Crippen LogP contribution in [-0.2, 0) is 24.1 Å². The summed E-state index contributed by atoms with van der Waals surface area (Å²) in [5.41, 5.74) is 0.988. The third-order valence-corrected chi connectivity index (χ3v) is 5.85. The molecule has 0 aliphatic carbocycles. The maximum atomic E-state index is 13.2. The number of rotatable bonds is 5. The topological polar surface area (TPSA) is 51.0 Å². The molecule has 1 saturated heterocycles. The molecule has 4 rings (SSSR count). The maximum Gasteiger partial charge on any atom is 0.416 e. The summed E-state index contributed by atoms with van der Waals surface area (Å²) >= 11 is 1.44. The van der Waals surface area contributed by atoms with E-state index in [4.69, 9.17) is 0 Å². The Morgan fingerprint density at radius 1 is 1.03 bits per heavy atom. The highest BCUT2D eigenvalue weighted by atomic mass is 32.2. The Balaban J connectivity index is 1.54. The van der Waals surface area contributed by atoms with Gasteiger partial charge in [-0.2, -0.15) is 13.2 Å². The van der Waals surface area contributed by atoms with Gasteiger partial charge in [-0.3, -0.25) is 4.79 Å². The van der Waals surface area contributed by atoms with Crippen LogP contribution in [0.2, 0.25) is 0 Å². The van der Waals surface area contributed by atoms with Crippen LogP contribution in [0.1, 0.15) is 27.8 Å². The number of carbonyl (C=O) groups excluding carboxylic acids is 1. The van der Waals surface area contributed by atoms with Crippen molar-refractivity contribution in [1.82, 2.24) is 19.9 Å². The molecule has 1 aliphatic rings. The van der Waals surface area contributed by atoms with Gasteiger partial charge in [0.1, 0.15) is 11.1 Å². The van der Waals surface area contributed by atoms with Gasteiger partial charge in [0.2, 0.25) is 5.91 Å². The quantitative estimate of drug-likeness (QED) is 0.626. The van der Waals surface area contributed by atoms with Crippen LogP contribution in [0, 0.1) is 0 Å². The van der Waals surface area contributed by atoms with Crippen LogP contribution in [-0.4, -0.2) is 31.6 Å². The molecule has 1 fully saturated rings. The van der Waals surface area contributed by atoms with Crippen LogP contribution in [0.15, 0.2) is 60.8 Å². The summed E-state index contributed by atoms with van der Waals surface area (Å²) in [6, 6.07) is 15.0. The van der Waals surface area contributed by atoms with Crippen molar-refractivity contribution in [2.24, 2.45) is 0 Å². The highest BCUT2D eigenvalue weighted by Gasteiger charge is 2.35. The Morgan fingerprint density at radius 3 is 2.52 bits per heavy atom. The monoisotopic (exact) mass is 418 g/mol. The van der Waals surface area contributed by atoms with Gasteiger partial charge in [0.15, 0.2) is 0 Å². The number of nitrogens with zero attached hydrogens (tertiary/aromatic N) is 4. The molecule has 5 nitrogen and oxygen atoms in total. The van der Waals surface area contributed by atoms with E-state index >= 15 is 0 Å². The Bertz CT molecular complexity index is 1010. The van der Waals surface area contributed by atoms with E-state index in [2.05, 4.69) is 10.3 Å². The molecule has 0 spiro atoms. The summed E-state index contributed by atoms with van der Waals surface area (Å²) in [7, 11) is 0. The Kier molecular flexibility index (Phi) is 5.31. The average molecular weight is 418 g/mol. The molecule has 2 heterocycles. The van der Waals surface area contributed by atoms with Gasteiger partial charge in [-0.1, -0.05) is 53.7 Å². The van der Waals surface area contributed by atoms with Gasteiger partial charge < -0.3 is 4.90 Å². The van der Waals surface area contributed by atoms with Crippen LogP contribution in [0.5, 0.6) is 0 Å². The number of hydrogen-bond acceptors (Lipinski definition) is 4. The summed E-state index contributed by atoms with van der Waals surface area (Å²) in [6.45, 7) is 0.397. The zero-order valence-corrected chi connectivity index (χ0v) is 16.0. The van der Waals surface area contributed by atoms with Gasteiger partial charge in [-0.25, -0.2) is 4.68 Å². The van der Waals surface area contributed by atoms with Crippen molar-refractivity contribution >= 4 is 17.7 Å². The second-order valence-corrected chi connectivity index (χ2v) is 7.74. The van der Waals surface area contributed by atoms with Crippen LogP contribution in [0.3, 0.4) is 0 Å². The minimum atomic E-state index is -4.43. The lowest BCUT2D eigenvalue weighted by Gasteiger charge is -2.22. The zero-order valence-electron chi connectivity index (χ0n) is 15.2. The first-order chi connectivity index (χ1) is 13.9. The molecule has 0 unspecified atom stereocenters. The fraction of sp³-hybridized carbons (Fsp3) is 0.250. The van der Waals surface area contributed by atoms with Gasteiger partial charge in [-0.15, -0.1) is 16.9 Å². The van der Waals surface area contributed by atoms with E-state index in [9.17, 15) is 18.0 Å². The van der Waals surface area contributed by atoms with Crippen molar-refractivity contribution in [3.8, 4) is 0 Å². The molecule has 1 atom stereocenters. The highest BCUT2D eigenvalue weighted by Crippen LogP contribution is 2.38. The first-order valence-electron chi connectivity index (χ1n) is 8.92. The zero-order chi connectivity index (χ0) is 20.4. The molecule has 9 heteroatoms. The van der Waals surface area contributed by atoms with E-state index in [1.807, 2.05) is 30.3 Å². The molecule has 1 aliphatic heterocycles. The highest BCUT2D eigenvalue weighted by molar-refractivity contribution is 8.00. The molecular weight excluding hydrogens is 401 g/mol. The SMILES string of the molecule is O=C1CS[C@@H](c2cn(Cc3ccccc3C(F)(F)F)nn2)N1Cc1ccccc1. The summed E-state index contributed by atoms with van der Waals surface area (Å²) in [5, 5.41) is 7.81. The first kappa shape index (κ1) is 19.5. The number of benzene rings is 2. The van der Waals surface area contributed by atoms with Gasteiger partial charge in [0.05, 0.1) is 24.1 Å². The molecular formula is C20H17F3N4OS. The molecule has 2 aromatic carbocycles. The molecule has 29 heavy (non-hydrogen) atoms. The number of alkyl halides is 3. The summed E-state index contributed by atoms with van der Waals surface area (Å²) in [5.74, 6) is 0.335. The van der Waals surface area contributed by atoms with Gasteiger partial charge in [0, 0.05) is 6.54 Å². The molecule has 1 amide bonds. The van der Waals surface area contributed by atoms with Gasteiger partial charge in [0.25, 0.3) is 0 Å². The Morgan fingerprint density at radius 2 is 1.76 bits per heavy atom. The van der Waals surface area contributed by atoms with Crippen LogP contribution < -0.4 is 0 Å². The summed E-state index contributed by atoms with van der Waals surface area (Å²) in [4.78, 5) is 14.1. The minimum absolute atomic E-state index is 0.000759. The van der Waals surface area contributed by atoms with Crippen molar-refractivity contribution in [1.29, 1.82) is 0 Å². The van der Waals surface area contributed by atoms with Crippen LogP contribution in [0.25, 0.3) is 0 Å². The van der Waals surface area contributed by atoms with Crippen LogP contribution in [0.4, 0.5) is 13.2 Å². The van der Waals surface area contributed by atoms with E-state index in [0.29, 0.717) is 18.0 Å². The normalized spacial score (nSPS) is 17.1. The van der Waals surface area contributed by atoms with E-state index in [1.54, 1.807) is 17.2 Å². The Hall–Kier alpha value is -2.81. The van der Waals surface area contributed by atoms with Crippen molar-refractivity contribution in [2.45, 2.75) is 24.6 Å². The van der Waals surface area contributed by atoms with Crippen molar-refractivity contribution in [2.75, 3.05) is 5.75 Å². The maximum absolute atomic E-state index is 13.2. The van der Waals surface area contributed by atoms with Gasteiger partial charge in [-0.05, 0) is 17.2 Å². The fourth-order valence-electron chi connectivity index (χ4n) is 3.26. The van der Waals surface area contributed by atoms with E-state index in [1.165, 1.54) is 28.6 Å². The van der Waals surface area contributed by atoms with Crippen molar-refractivity contribution in [3.05, 3.63) is 83.2 Å². The number of halogens is 3. The van der Waals surface area contributed by atoms with Crippen LogP contribution >= 0.6 is 11.8 Å². The second-order valence-electron chi connectivity index (χ2n) is 6.67. The third-order valence-electron chi connectivity index (χ3n) is 4.63. The standard InChI is InChI=1S/C20H17F3N4OS/c21-20(22,23)16-9-5-4-8-15(16)11-26-12-17(24-25-26)19-27(18(28)13-29-19)10-14-6-2-1-3-7-14/h1-9,12,19H,10-11,13H2/t19-/m0/s1.